The van der Waals surface area contributed by atoms with E-state index in [1.54, 1.807) is 12.1 Å². The zero-order valence-corrected chi connectivity index (χ0v) is 10.1. The molecule has 0 aliphatic heterocycles. The number of amides is 1. The van der Waals surface area contributed by atoms with Gasteiger partial charge in [0.15, 0.2) is 0 Å². The first-order valence-corrected chi connectivity index (χ1v) is 5.85. The van der Waals surface area contributed by atoms with E-state index in [9.17, 15) is 4.79 Å². The fourth-order valence-electron chi connectivity index (χ4n) is 1.28. The summed E-state index contributed by atoms with van der Waals surface area (Å²) >= 11 is 5.67. The highest BCUT2D eigenvalue weighted by atomic mass is 35.5. The van der Waals surface area contributed by atoms with Crippen molar-refractivity contribution >= 4 is 17.5 Å². The minimum Gasteiger partial charge on any atom is -0.352 e. The molecule has 3 heteroatoms. The molecule has 1 amide bonds. The average molecular weight is 238 g/mol. The Kier molecular flexibility index (Phi) is 5.65. The number of carbonyl (C=O) groups is 1. The van der Waals surface area contributed by atoms with Gasteiger partial charge in [-0.25, -0.2) is 0 Å². The number of alkyl halides is 1. The molecule has 0 radical (unpaired) electrons. The van der Waals surface area contributed by atoms with Crippen molar-refractivity contribution in [3.63, 3.8) is 0 Å². The van der Waals surface area contributed by atoms with E-state index < -0.39 is 0 Å². The number of nitrogens with one attached hydrogen (secondary N) is 1. The van der Waals surface area contributed by atoms with Crippen LogP contribution in [-0.2, 0) is 5.88 Å². The lowest BCUT2D eigenvalue weighted by Crippen LogP contribution is -2.23. The third-order valence-electron chi connectivity index (χ3n) is 2.20. The van der Waals surface area contributed by atoms with E-state index in [0.717, 1.165) is 12.0 Å². The third-order valence-corrected chi connectivity index (χ3v) is 2.51. The van der Waals surface area contributed by atoms with Crippen molar-refractivity contribution in [2.45, 2.75) is 19.2 Å². The van der Waals surface area contributed by atoms with Crippen molar-refractivity contribution in [3.05, 3.63) is 47.5 Å². The Labute approximate surface area is 101 Å². The summed E-state index contributed by atoms with van der Waals surface area (Å²) in [5.41, 5.74) is 1.70. The zero-order valence-electron chi connectivity index (χ0n) is 9.37. The number of hydrogen-bond acceptors (Lipinski definition) is 1. The van der Waals surface area contributed by atoms with Crippen LogP contribution in [0.15, 0.2) is 36.4 Å². The maximum Gasteiger partial charge on any atom is 0.251 e. The van der Waals surface area contributed by atoms with Gasteiger partial charge in [-0.1, -0.05) is 24.3 Å². The summed E-state index contributed by atoms with van der Waals surface area (Å²) in [6.07, 6.45) is 4.86. The Morgan fingerprint density at radius 2 is 2.06 bits per heavy atom. The zero-order chi connectivity index (χ0) is 11.8. The topological polar surface area (TPSA) is 29.1 Å². The maximum absolute atomic E-state index is 11.6. The number of rotatable bonds is 5. The minimum absolute atomic E-state index is 0.0365. The summed E-state index contributed by atoms with van der Waals surface area (Å²) in [7, 11) is 0. The summed E-state index contributed by atoms with van der Waals surface area (Å²) in [5.74, 6) is 0.439. The van der Waals surface area contributed by atoms with Crippen LogP contribution in [-0.4, -0.2) is 12.5 Å². The first-order chi connectivity index (χ1) is 7.77. The molecule has 16 heavy (non-hydrogen) atoms. The molecular weight excluding hydrogens is 222 g/mol. The second-order valence-corrected chi connectivity index (χ2v) is 3.71. The van der Waals surface area contributed by atoms with Gasteiger partial charge in [-0.2, -0.15) is 0 Å². The van der Waals surface area contributed by atoms with Crippen molar-refractivity contribution in [2.75, 3.05) is 6.54 Å². The fraction of sp³-hybridized carbons (Fsp3) is 0.308. The van der Waals surface area contributed by atoms with Crippen LogP contribution in [0.1, 0.15) is 29.3 Å². The lowest BCUT2D eigenvalue weighted by molar-refractivity contribution is 0.0954. The van der Waals surface area contributed by atoms with Gasteiger partial charge in [0.25, 0.3) is 5.91 Å². The van der Waals surface area contributed by atoms with E-state index in [1.165, 1.54) is 0 Å². The van der Waals surface area contributed by atoms with Crippen molar-refractivity contribution < 1.29 is 4.79 Å². The monoisotopic (exact) mass is 237 g/mol. The standard InChI is InChI=1S/C13H16ClNO/c1-2-3-4-9-15-13(16)12-7-5-11(10-14)6-8-12/h2-3,5-8H,4,9-10H2,1H3,(H,15,16)/b3-2+. The van der Waals surface area contributed by atoms with Gasteiger partial charge in [-0.3, -0.25) is 4.79 Å². The van der Waals surface area contributed by atoms with Crippen LogP contribution < -0.4 is 5.32 Å². The van der Waals surface area contributed by atoms with Crippen molar-refractivity contribution in [1.82, 2.24) is 5.32 Å². The second-order valence-electron chi connectivity index (χ2n) is 3.44. The summed E-state index contributed by atoms with van der Waals surface area (Å²) < 4.78 is 0. The van der Waals surface area contributed by atoms with E-state index in [-0.39, 0.29) is 5.91 Å². The normalized spacial score (nSPS) is 10.6. The van der Waals surface area contributed by atoms with E-state index in [2.05, 4.69) is 5.32 Å². The first-order valence-electron chi connectivity index (χ1n) is 5.32. The largest absolute Gasteiger partial charge is 0.352 e. The SMILES string of the molecule is C/C=C/CCNC(=O)c1ccc(CCl)cc1. The highest BCUT2D eigenvalue weighted by Gasteiger charge is 2.03. The van der Waals surface area contributed by atoms with Crippen molar-refractivity contribution in [3.8, 4) is 0 Å². The van der Waals surface area contributed by atoms with Gasteiger partial charge < -0.3 is 5.32 Å². The van der Waals surface area contributed by atoms with Gasteiger partial charge in [0.05, 0.1) is 0 Å². The fourth-order valence-corrected chi connectivity index (χ4v) is 1.46. The molecule has 1 aromatic carbocycles. The summed E-state index contributed by atoms with van der Waals surface area (Å²) in [6.45, 7) is 2.63. The molecule has 0 aliphatic carbocycles. The third kappa shape index (κ3) is 4.07. The van der Waals surface area contributed by atoms with Crippen LogP contribution in [0.2, 0.25) is 0 Å². The van der Waals surface area contributed by atoms with Crippen LogP contribution in [0.25, 0.3) is 0 Å². The highest BCUT2D eigenvalue weighted by Crippen LogP contribution is 2.06. The second kappa shape index (κ2) is 7.07. The predicted octanol–water partition coefficient (Wildman–Crippen LogP) is 3.12. The van der Waals surface area contributed by atoms with Crippen LogP contribution in [0, 0.1) is 0 Å². The summed E-state index contributed by atoms with van der Waals surface area (Å²) in [5, 5.41) is 2.85. The van der Waals surface area contributed by atoms with Gasteiger partial charge in [0.1, 0.15) is 0 Å². The number of allylic oxidation sites excluding steroid dienone is 1. The average Bonchev–Trinajstić information content (AvgIpc) is 2.34. The lowest BCUT2D eigenvalue weighted by atomic mass is 10.1. The molecule has 0 aliphatic rings. The Hall–Kier alpha value is -1.28. The first kappa shape index (κ1) is 12.8. The molecule has 0 unspecified atom stereocenters. The van der Waals surface area contributed by atoms with E-state index >= 15 is 0 Å². The Morgan fingerprint density at radius 3 is 2.62 bits per heavy atom. The van der Waals surface area contributed by atoms with Crippen LogP contribution in [0.5, 0.6) is 0 Å². The molecule has 0 aromatic heterocycles. The molecule has 2 nitrogen and oxygen atoms in total. The number of halogens is 1. The van der Waals surface area contributed by atoms with Crippen LogP contribution >= 0.6 is 11.6 Å². The van der Waals surface area contributed by atoms with E-state index in [0.29, 0.717) is 18.0 Å². The van der Waals surface area contributed by atoms with E-state index in [4.69, 9.17) is 11.6 Å². The van der Waals surface area contributed by atoms with Gasteiger partial charge in [0.2, 0.25) is 0 Å². The molecule has 0 atom stereocenters. The smallest absolute Gasteiger partial charge is 0.251 e. The quantitative estimate of drug-likeness (QED) is 0.476. The highest BCUT2D eigenvalue weighted by molar-refractivity contribution is 6.17. The lowest BCUT2D eigenvalue weighted by Gasteiger charge is -2.03. The van der Waals surface area contributed by atoms with E-state index in [1.807, 2.05) is 31.2 Å². The molecule has 0 fully saturated rings. The van der Waals surface area contributed by atoms with Gasteiger partial charge in [-0.05, 0) is 31.0 Å². The molecule has 0 bridgehead atoms. The van der Waals surface area contributed by atoms with Gasteiger partial charge in [-0.15, -0.1) is 11.6 Å². The Bertz CT molecular complexity index is 357. The minimum atomic E-state index is -0.0365. The Morgan fingerprint density at radius 1 is 1.38 bits per heavy atom. The Balaban J connectivity index is 2.46. The predicted molar refractivity (Wildman–Crippen MR) is 67.8 cm³/mol. The summed E-state index contributed by atoms with van der Waals surface area (Å²) in [6, 6.07) is 7.33. The van der Waals surface area contributed by atoms with Gasteiger partial charge >= 0.3 is 0 Å². The summed E-state index contributed by atoms with van der Waals surface area (Å²) in [4.78, 5) is 11.6. The number of hydrogen-bond donors (Lipinski definition) is 1. The van der Waals surface area contributed by atoms with Crippen molar-refractivity contribution in [2.24, 2.45) is 0 Å². The van der Waals surface area contributed by atoms with Gasteiger partial charge in [0, 0.05) is 18.0 Å². The molecule has 0 saturated carbocycles. The van der Waals surface area contributed by atoms with Crippen LogP contribution in [0.4, 0.5) is 0 Å². The molecule has 1 N–H and O–H groups in total. The molecule has 86 valence electrons. The molecule has 0 saturated heterocycles. The molecular formula is C13H16ClNO. The molecule has 1 rings (SSSR count). The maximum atomic E-state index is 11.6. The van der Waals surface area contributed by atoms with Crippen LogP contribution in [0.3, 0.4) is 0 Å². The molecule has 1 aromatic rings. The molecule has 0 heterocycles. The number of carbonyl (C=O) groups excluding carboxylic acids is 1. The number of benzene rings is 1. The molecule has 0 spiro atoms. The van der Waals surface area contributed by atoms with Crippen molar-refractivity contribution in [1.29, 1.82) is 0 Å².